The van der Waals surface area contributed by atoms with Gasteiger partial charge >= 0.3 is 0 Å². The summed E-state index contributed by atoms with van der Waals surface area (Å²) in [5, 5.41) is 21.1. The molecule has 1 aliphatic rings. The van der Waals surface area contributed by atoms with Crippen molar-refractivity contribution < 1.29 is 15.0 Å². The Labute approximate surface area is 81.7 Å². The standard InChI is InChI=1S/C8H15NO3S/c1-2-3-13-4-5-6(10)7(11)8(12)9-5/h5-7,10-11H,2-4H2,1H3,(H,9,12)/t5-,6?,7?/m1/s1. The fourth-order valence-electron chi connectivity index (χ4n) is 1.22. The summed E-state index contributed by atoms with van der Waals surface area (Å²) < 4.78 is 0. The minimum atomic E-state index is -1.24. The fraction of sp³-hybridized carbons (Fsp3) is 0.875. The quantitative estimate of drug-likeness (QED) is 0.533. The topological polar surface area (TPSA) is 69.6 Å². The third kappa shape index (κ3) is 2.59. The molecule has 13 heavy (non-hydrogen) atoms. The highest BCUT2D eigenvalue weighted by molar-refractivity contribution is 7.99. The van der Waals surface area contributed by atoms with E-state index in [0.717, 1.165) is 12.2 Å². The molecule has 0 saturated carbocycles. The van der Waals surface area contributed by atoms with Gasteiger partial charge in [0.25, 0.3) is 5.91 Å². The van der Waals surface area contributed by atoms with E-state index in [1.807, 2.05) is 0 Å². The van der Waals surface area contributed by atoms with Gasteiger partial charge in [-0.3, -0.25) is 4.79 Å². The molecule has 1 aliphatic heterocycles. The molecule has 76 valence electrons. The molecule has 1 heterocycles. The van der Waals surface area contributed by atoms with Gasteiger partial charge in [0.05, 0.1) is 6.04 Å². The number of hydrogen-bond donors (Lipinski definition) is 3. The molecule has 5 heteroatoms. The van der Waals surface area contributed by atoms with Crippen LogP contribution in [-0.4, -0.2) is 45.9 Å². The summed E-state index contributed by atoms with van der Waals surface area (Å²) in [6, 6.07) is -0.293. The molecule has 4 nitrogen and oxygen atoms in total. The zero-order chi connectivity index (χ0) is 9.84. The molecule has 0 radical (unpaired) electrons. The van der Waals surface area contributed by atoms with Gasteiger partial charge in [-0.15, -0.1) is 0 Å². The highest BCUT2D eigenvalue weighted by Gasteiger charge is 2.39. The third-order valence-corrected chi connectivity index (χ3v) is 3.27. The van der Waals surface area contributed by atoms with E-state index in [1.54, 1.807) is 11.8 Å². The average molecular weight is 205 g/mol. The summed E-state index contributed by atoms with van der Waals surface area (Å²) in [6.07, 6.45) is -1.12. The van der Waals surface area contributed by atoms with Gasteiger partial charge < -0.3 is 15.5 Å². The van der Waals surface area contributed by atoms with E-state index >= 15 is 0 Å². The largest absolute Gasteiger partial charge is 0.388 e. The Balaban J connectivity index is 2.31. The first-order valence-corrected chi connectivity index (χ1v) is 5.56. The number of amides is 1. The first kappa shape index (κ1) is 10.8. The molecular weight excluding hydrogens is 190 g/mol. The molecule has 0 aliphatic carbocycles. The molecule has 1 rings (SSSR count). The van der Waals surface area contributed by atoms with Gasteiger partial charge in [-0.25, -0.2) is 0 Å². The summed E-state index contributed by atoms with van der Waals surface area (Å²) >= 11 is 1.67. The lowest BCUT2D eigenvalue weighted by molar-refractivity contribution is -0.128. The van der Waals surface area contributed by atoms with Gasteiger partial charge in [0.15, 0.2) is 6.10 Å². The second-order valence-electron chi connectivity index (χ2n) is 3.13. The van der Waals surface area contributed by atoms with Crippen molar-refractivity contribution >= 4 is 17.7 Å². The van der Waals surface area contributed by atoms with Crippen LogP contribution in [0, 0.1) is 0 Å². The fourth-order valence-corrected chi connectivity index (χ4v) is 2.21. The SMILES string of the molecule is CCCSC[C@H]1NC(=O)C(O)C1O. The smallest absolute Gasteiger partial charge is 0.251 e. The summed E-state index contributed by atoms with van der Waals surface area (Å²) in [5.74, 6) is 1.21. The molecule has 1 amide bonds. The Morgan fingerprint density at radius 3 is 2.69 bits per heavy atom. The van der Waals surface area contributed by atoms with Crippen molar-refractivity contribution in [3.8, 4) is 0 Å². The lowest BCUT2D eigenvalue weighted by atomic mass is 10.2. The van der Waals surface area contributed by atoms with E-state index in [-0.39, 0.29) is 6.04 Å². The maximum Gasteiger partial charge on any atom is 0.251 e. The number of nitrogens with one attached hydrogen (secondary N) is 1. The third-order valence-electron chi connectivity index (χ3n) is 1.98. The minimum absolute atomic E-state index is 0.293. The lowest BCUT2D eigenvalue weighted by Gasteiger charge is -2.13. The minimum Gasteiger partial charge on any atom is -0.388 e. The molecule has 0 aromatic rings. The van der Waals surface area contributed by atoms with E-state index in [9.17, 15) is 9.90 Å². The van der Waals surface area contributed by atoms with Crippen LogP contribution < -0.4 is 5.32 Å². The number of thioether (sulfide) groups is 1. The van der Waals surface area contributed by atoms with E-state index in [1.165, 1.54) is 0 Å². The molecule has 3 N–H and O–H groups in total. The molecule has 2 unspecified atom stereocenters. The van der Waals surface area contributed by atoms with E-state index < -0.39 is 18.1 Å². The summed E-state index contributed by atoms with van der Waals surface area (Å²) in [4.78, 5) is 10.9. The van der Waals surface area contributed by atoms with Crippen molar-refractivity contribution in [2.75, 3.05) is 11.5 Å². The number of carbonyl (C=O) groups excluding carboxylic acids is 1. The number of rotatable bonds is 4. The van der Waals surface area contributed by atoms with Gasteiger partial charge in [0.2, 0.25) is 0 Å². The average Bonchev–Trinajstić information content (AvgIpc) is 2.34. The van der Waals surface area contributed by atoms with Crippen molar-refractivity contribution in [1.82, 2.24) is 5.32 Å². The Morgan fingerprint density at radius 2 is 2.23 bits per heavy atom. The van der Waals surface area contributed by atoms with Crippen LogP contribution in [0.4, 0.5) is 0 Å². The van der Waals surface area contributed by atoms with Crippen LogP contribution >= 0.6 is 11.8 Å². The zero-order valence-corrected chi connectivity index (χ0v) is 8.38. The van der Waals surface area contributed by atoms with Crippen molar-refractivity contribution in [3.63, 3.8) is 0 Å². The van der Waals surface area contributed by atoms with Crippen molar-refractivity contribution in [2.24, 2.45) is 0 Å². The second-order valence-corrected chi connectivity index (χ2v) is 4.28. The van der Waals surface area contributed by atoms with E-state index in [0.29, 0.717) is 5.75 Å². The van der Waals surface area contributed by atoms with Crippen LogP contribution in [0.15, 0.2) is 0 Å². The maximum absolute atomic E-state index is 10.9. The van der Waals surface area contributed by atoms with Crippen molar-refractivity contribution in [3.05, 3.63) is 0 Å². The zero-order valence-electron chi connectivity index (χ0n) is 7.56. The highest BCUT2D eigenvalue weighted by atomic mass is 32.2. The van der Waals surface area contributed by atoms with Gasteiger partial charge in [0.1, 0.15) is 6.10 Å². The van der Waals surface area contributed by atoms with E-state index in [2.05, 4.69) is 12.2 Å². The summed E-state index contributed by atoms with van der Waals surface area (Å²) in [5.41, 5.74) is 0. The molecule has 0 aromatic carbocycles. The molecular formula is C8H15NO3S. The van der Waals surface area contributed by atoms with Gasteiger partial charge in [0, 0.05) is 5.75 Å². The number of hydrogen-bond acceptors (Lipinski definition) is 4. The normalized spacial score (nSPS) is 33.5. The maximum atomic E-state index is 10.9. The number of aliphatic hydroxyl groups is 2. The first-order valence-electron chi connectivity index (χ1n) is 4.41. The van der Waals surface area contributed by atoms with Crippen LogP contribution in [0.5, 0.6) is 0 Å². The van der Waals surface area contributed by atoms with Crippen LogP contribution in [0.3, 0.4) is 0 Å². The lowest BCUT2D eigenvalue weighted by Crippen LogP contribution is -2.35. The first-order chi connectivity index (χ1) is 6.16. The van der Waals surface area contributed by atoms with Crippen LogP contribution in [0.2, 0.25) is 0 Å². The molecule has 1 fully saturated rings. The highest BCUT2D eigenvalue weighted by Crippen LogP contribution is 2.14. The number of carbonyl (C=O) groups is 1. The second kappa shape index (κ2) is 4.83. The molecule has 0 aromatic heterocycles. The molecule has 0 spiro atoms. The van der Waals surface area contributed by atoms with Crippen LogP contribution in [0.1, 0.15) is 13.3 Å². The number of aliphatic hydroxyl groups excluding tert-OH is 2. The van der Waals surface area contributed by atoms with Crippen molar-refractivity contribution in [2.45, 2.75) is 31.6 Å². The van der Waals surface area contributed by atoms with Gasteiger partial charge in [-0.1, -0.05) is 6.92 Å². The summed E-state index contributed by atoms with van der Waals surface area (Å²) in [6.45, 7) is 2.07. The Hall–Kier alpha value is -0.260. The van der Waals surface area contributed by atoms with Crippen LogP contribution in [-0.2, 0) is 4.79 Å². The summed E-state index contributed by atoms with van der Waals surface area (Å²) in [7, 11) is 0. The Morgan fingerprint density at radius 1 is 1.54 bits per heavy atom. The van der Waals surface area contributed by atoms with Crippen molar-refractivity contribution in [1.29, 1.82) is 0 Å². The van der Waals surface area contributed by atoms with Gasteiger partial charge in [-0.05, 0) is 12.2 Å². The molecule has 0 bridgehead atoms. The Bertz CT molecular complexity index is 188. The van der Waals surface area contributed by atoms with Crippen LogP contribution in [0.25, 0.3) is 0 Å². The predicted octanol–water partition coefficient (Wildman–Crippen LogP) is -0.650. The molecule has 3 atom stereocenters. The van der Waals surface area contributed by atoms with E-state index in [4.69, 9.17) is 5.11 Å². The molecule has 1 saturated heterocycles. The predicted molar refractivity (Wildman–Crippen MR) is 51.6 cm³/mol. The van der Waals surface area contributed by atoms with Gasteiger partial charge in [-0.2, -0.15) is 11.8 Å². The Kier molecular flexibility index (Phi) is 4.02. The monoisotopic (exact) mass is 205 g/mol.